The first-order valence-electron chi connectivity index (χ1n) is 5.86. The summed E-state index contributed by atoms with van der Waals surface area (Å²) in [5, 5.41) is 20.5. The average molecular weight is 321 g/mol. The van der Waals surface area contributed by atoms with Crippen molar-refractivity contribution in [2.45, 2.75) is 23.8 Å². The van der Waals surface area contributed by atoms with Crippen LogP contribution in [-0.2, 0) is 14.8 Å². The van der Waals surface area contributed by atoms with Gasteiger partial charge in [-0.15, -0.1) is 11.3 Å². The van der Waals surface area contributed by atoms with Crippen LogP contribution >= 0.6 is 11.3 Å². The lowest BCUT2D eigenvalue weighted by molar-refractivity contribution is 0.0314. The van der Waals surface area contributed by atoms with Crippen LogP contribution in [0, 0.1) is 6.92 Å². The number of aliphatic hydroxyl groups is 1. The van der Waals surface area contributed by atoms with Crippen molar-refractivity contribution >= 4 is 27.3 Å². The predicted octanol–water partition coefficient (Wildman–Crippen LogP) is 0.184. The molecule has 9 heteroatoms. The number of hydrogen-bond donors (Lipinski definition) is 3. The summed E-state index contributed by atoms with van der Waals surface area (Å²) in [5.41, 5.74) is -0.866. The third-order valence-corrected chi connectivity index (χ3v) is 5.86. The Balaban J connectivity index is 2.22. The first-order valence-corrected chi connectivity index (χ1v) is 8.23. The van der Waals surface area contributed by atoms with Crippen LogP contribution in [0.5, 0.6) is 0 Å². The van der Waals surface area contributed by atoms with E-state index in [0.29, 0.717) is 18.6 Å². The summed E-state index contributed by atoms with van der Waals surface area (Å²) in [6.07, 6.45) is 0.337. The quantitative estimate of drug-likeness (QED) is 0.713. The molecule has 112 valence electrons. The second kappa shape index (κ2) is 5.41. The van der Waals surface area contributed by atoms with E-state index < -0.39 is 21.6 Å². The first-order chi connectivity index (χ1) is 9.25. The van der Waals surface area contributed by atoms with Crippen LogP contribution in [0.15, 0.2) is 10.3 Å². The van der Waals surface area contributed by atoms with Crippen molar-refractivity contribution in [2.75, 3.05) is 19.8 Å². The number of carboxylic acids is 1. The van der Waals surface area contributed by atoms with E-state index >= 15 is 0 Å². The number of ether oxygens (including phenoxy) is 1. The largest absolute Gasteiger partial charge is 0.477 e. The fourth-order valence-corrected chi connectivity index (χ4v) is 4.70. The van der Waals surface area contributed by atoms with Crippen molar-refractivity contribution in [3.63, 3.8) is 0 Å². The first kappa shape index (κ1) is 15.4. The smallest absolute Gasteiger partial charge is 0.347 e. The fourth-order valence-electron chi connectivity index (χ4n) is 1.95. The second-order valence-electron chi connectivity index (χ2n) is 4.73. The van der Waals surface area contributed by atoms with Crippen molar-refractivity contribution in [3.05, 3.63) is 15.8 Å². The lowest BCUT2D eigenvalue weighted by Gasteiger charge is -2.20. The van der Waals surface area contributed by atoms with Gasteiger partial charge in [0.25, 0.3) is 0 Å². The van der Waals surface area contributed by atoms with Crippen LogP contribution in [0.1, 0.15) is 21.7 Å². The highest BCUT2D eigenvalue weighted by atomic mass is 32.2. The standard InChI is InChI=1S/C11H15NO6S2/c1-7-4-19-8(10(13)14)9(7)20(16,17)12-5-11(15)2-3-18-6-11/h4,12,15H,2-3,5-6H2,1H3,(H,13,14). The van der Waals surface area contributed by atoms with E-state index in [1.807, 2.05) is 0 Å². The van der Waals surface area contributed by atoms with Gasteiger partial charge in [0.1, 0.15) is 15.4 Å². The lowest BCUT2D eigenvalue weighted by atomic mass is 10.1. The number of aromatic carboxylic acids is 1. The molecule has 1 fully saturated rings. The molecule has 2 rings (SSSR count). The van der Waals surface area contributed by atoms with Crippen LogP contribution in [0.4, 0.5) is 0 Å². The number of rotatable bonds is 5. The van der Waals surface area contributed by atoms with Gasteiger partial charge in [-0.25, -0.2) is 17.9 Å². The Bertz CT molecular complexity index is 615. The van der Waals surface area contributed by atoms with E-state index in [1.54, 1.807) is 0 Å². The zero-order chi connectivity index (χ0) is 15.0. The highest BCUT2D eigenvalue weighted by molar-refractivity contribution is 7.89. The topological polar surface area (TPSA) is 113 Å². The summed E-state index contributed by atoms with van der Waals surface area (Å²) in [6, 6.07) is 0. The lowest BCUT2D eigenvalue weighted by Crippen LogP contribution is -2.43. The molecule has 0 bridgehead atoms. The Kier molecular flexibility index (Phi) is 4.17. The van der Waals surface area contributed by atoms with Crippen LogP contribution in [0.3, 0.4) is 0 Å². The molecule has 2 heterocycles. The van der Waals surface area contributed by atoms with Crippen molar-refractivity contribution in [3.8, 4) is 0 Å². The van der Waals surface area contributed by atoms with Gasteiger partial charge in [-0.2, -0.15) is 0 Å². The van der Waals surface area contributed by atoms with Gasteiger partial charge in [-0.3, -0.25) is 0 Å². The number of thiophene rings is 1. The minimum atomic E-state index is -3.98. The molecule has 0 spiro atoms. The number of sulfonamides is 1. The minimum absolute atomic E-state index is 0.0595. The third-order valence-electron chi connectivity index (χ3n) is 3.05. The molecule has 3 N–H and O–H groups in total. The maximum atomic E-state index is 12.2. The number of hydrogen-bond acceptors (Lipinski definition) is 6. The Morgan fingerprint density at radius 1 is 1.60 bits per heavy atom. The van der Waals surface area contributed by atoms with Gasteiger partial charge < -0.3 is 14.9 Å². The van der Waals surface area contributed by atoms with E-state index in [-0.39, 0.29) is 22.9 Å². The average Bonchev–Trinajstić information content (AvgIpc) is 2.94. The zero-order valence-corrected chi connectivity index (χ0v) is 12.4. The maximum Gasteiger partial charge on any atom is 0.347 e. The molecule has 7 nitrogen and oxygen atoms in total. The van der Waals surface area contributed by atoms with E-state index in [0.717, 1.165) is 11.3 Å². The molecule has 0 aliphatic carbocycles. The molecule has 0 amide bonds. The van der Waals surface area contributed by atoms with E-state index in [1.165, 1.54) is 12.3 Å². The normalized spacial score (nSPS) is 23.1. The molecule has 1 atom stereocenters. The van der Waals surface area contributed by atoms with Gasteiger partial charge in [-0.05, 0) is 17.9 Å². The molecule has 1 aliphatic rings. The molecule has 0 aromatic carbocycles. The molecule has 1 unspecified atom stereocenters. The van der Waals surface area contributed by atoms with Crippen molar-refractivity contribution < 1.29 is 28.2 Å². The van der Waals surface area contributed by atoms with Crippen molar-refractivity contribution in [2.24, 2.45) is 0 Å². The molecule has 1 saturated heterocycles. The SMILES string of the molecule is Cc1csc(C(=O)O)c1S(=O)(=O)NCC1(O)CCOC1. The Morgan fingerprint density at radius 2 is 2.30 bits per heavy atom. The van der Waals surface area contributed by atoms with Gasteiger partial charge in [-0.1, -0.05) is 0 Å². The molecule has 0 saturated carbocycles. The van der Waals surface area contributed by atoms with Crippen molar-refractivity contribution in [1.29, 1.82) is 0 Å². The minimum Gasteiger partial charge on any atom is -0.477 e. The molecule has 1 aromatic rings. The number of nitrogens with one attached hydrogen (secondary N) is 1. The highest BCUT2D eigenvalue weighted by Gasteiger charge is 2.35. The van der Waals surface area contributed by atoms with Gasteiger partial charge in [0.05, 0.1) is 6.61 Å². The number of aryl methyl sites for hydroxylation is 1. The molecule has 20 heavy (non-hydrogen) atoms. The van der Waals surface area contributed by atoms with Gasteiger partial charge in [0.15, 0.2) is 0 Å². The van der Waals surface area contributed by atoms with E-state index in [9.17, 15) is 18.3 Å². The van der Waals surface area contributed by atoms with Gasteiger partial charge in [0.2, 0.25) is 10.0 Å². The molecule has 1 aliphatic heterocycles. The summed E-state index contributed by atoms with van der Waals surface area (Å²) in [5.74, 6) is -1.29. The molecule has 1 aromatic heterocycles. The van der Waals surface area contributed by atoms with Gasteiger partial charge >= 0.3 is 5.97 Å². The summed E-state index contributed by atoms with van der Waals surface area (Å²) >= 11 is 0.862. The van der Waals surface area contributed by atoms with Crippen LogP contribution in [0.25, 0.3) is 0 Å². The third kappa shape index (κ3) is 3.01. The summed E-state index contributed by atoms with van der Waals surface area (Å²) in [7, 11) is -3.98. The number of carbonyl (C=O) groups is 1. The Morgan fingerprint density at radius 3 is 2.85 bits per heavy atom. The van der Waals surface area contributed by atoms with E-state index in [2.05, 4.69) is 4.72 Å². The number of carboxylic acid groups (broad SMARTS) is 1. The maximum absolute atomic E-state index is 12.2. The van der Waals surface area contributed by atoms with Crippen LogP contribution < -0.4 is 4.72 Å². The summed E-state index contributed by atoms with van der Waals surface area (Å²) in [4.78, 5) is 10.6. The van der Waals surface area contributed by atoms with Gasteiger partial charge in [0, 0.05) is 19.6 Å². The predicted molar refractivity (Wildman–Crippen MR) is 71.6 cm³/mol. The van der Waals surface area contributed by atoms with Crippen LogP contribution in [0.2, 0.25) is 0 Å². The second-order valence-corrected chi connectivity index (χ2v) is 7.32. The highest BCUT2D eigenvalue weighted by Crippen LogP contribution is 2.27. The van der Waals surface area contributed by atoms with Crippen molar-refractivity contribution in [1.82, 2.24) is 4.72 Å². The molecule has 0 radical (unpaired) electrons. The Labute approximate surface area is 120 Å². The summed E-state index contributed by atoms with van der Waals surface area (Å²) < 4.78 is 31.7. The summed E-state index contributed by atoms with van der Waals surface area (Å²) in [6.45, 7) is 1.76. The molecular formula is C11H15NO6S2. The van der Waals surface area contributed by atoms with Crippen LogP contribution in [-0.4, -0.2) is 50.0 Å². The van der Waals surface area contributed by atoms with E-state index in [4.69, 9.17) is 9.84 Å². The zero-order valence-electron chi connectivity index (χ0n) is 10.7. The molecular weight excluding hydrogens is 306 g/mol. The monoisotopic (exact) mass is 321 g/mol. The fraction of sp³-hybridized carbons (Fsp3) is 0.545. The Hall–Kier alpha value is -1.00.